The summed E-state index contributed by atoms with van der Waals surface area (Å²) in [5.41, 5.74) is 2.83. The van der Waals surface area contributed by atoms with Crippen molar-refractivity contribution in [2.45, 2.75) is 39.5 Å². The number of aryl methyl sites for hydroxylation is 1. The van der Waals surface area contributed by atoms with Crippen molar-refractivity contribution in [1.82, 2.24) is 9.88 Å². The normalized spacial score (nSPS) is 10.5. The van der Waals surface area contributed by atoms with Gasteiger partial charge in [-0.05, 0) is 43.4 Å². The first-order valence-electron chi connectivity index (χ1n) is 9.27. The van der Waals surface area contributed by atoms with Crippen molar-refractivity contribution in [1.29, 1.82) is 0 Å². The maximum atomic E-state index is 12.6. The van der Waals surface area contributed by atoms with Crippen molar-refractivity contribution in [3.05, 3.63) is 59.9 Å². The molecule has 2 rings (SSSR count). The number of pyridine rings is 1. The van der Waals surface area contributed by atoms with Crippen molar-refractivity contribution in [2.75, 3.05) is 25.0 Å². The number of aromatic nitrogens is 1. The van der Waals surface area contributed by atoms with E-state index in [1.165, 1.54) is 5.56 Å². The van der Waals surface area contributed by atoms with E-state index in [1.807, 2.05) is 23.1 Å². The fourth-order valence-electron chi connectivity index (χ4n) is 2.84. The predicted octanol–water partition coefficient (Wildman–Crippen LogP) is 4.39. The van der Waals surface area contributed by atoms with E-state index in [0.717, 1.165) is 51.0 Å². The molecule has 1 amide bonds. The van der Waals surface area contributed by atoms with Gasteiger partial charge in [-0.1, -0.05) is 44.2 Å². The Morgan fingerprint density at radius 3 is 2.48 bits per heavy atom. The molecule has 0 radical (unpaired) electrons. The Morgan fingerprint density at radius 2 is 1.80 bits per heavy atom. The number of nitrogens with one attached hydrogen (secondary N) is 1. The molecule has 134 valence electrons. The minimum atomic E-state index is 0.0247. The van der Waals surface area contributed by atoms with Crippen LogP contribution in [0.4, 0.5) is 5.69 Å². The highest BCUT2D eigenvalue weighted by molar-refractivity contribution is 5.93. The van der Waals surface area contributed by atoms with Gasteiger partial charge in [-0.25, -0.2) is 0 Å². The summed E-state index contributed by atoms with van der Waals surface area (Å²) < 4.78 is 0. The standard InChI is InChI=1S/C21H29N3O/c1-3-15-24(16-4-2)21(25)20-17-19(12-14-23-20)22-13-8-11-18-9-6-5-7-10-18/h5-7,9-10,12,14,17H,3-4,8,11,13,15-16H2,1-2H3,(H,22,23). The van der Waals surface area contributed by atoms with Crippen LogP contribution in [0.15, 0.2) is 48.7 Å². The molecule has 0 atom stereocenters. The van der Waals surface area contributed by atoms with Crippen molar-refractivity contribution in [2.24, 2.45) is 0 Å². The Balaban J connectivity index is 1.88. The molecule has 0 aliphatic heterocycles. The molecule has 1 aromatic carbocycles. The van der Waals surface area contributed by atoms with Gasteiger partial charge in [-0.2, -0.15) is 0 Å². The minimum absolute atomic E-state index is 0.0247. The average Bonchev–Trinajstić information content (AvgIpc) is 2.65. The third-order valence-electron chi connectivity index (χ3n) is 4.07. The van der Waals surface area contributed by atoms with Gasteiger partial charge in [-0.3, -0.25) is 9.78 Å². The number of anilines is 1. The quantitative estimate of drug-likeness (QED) is 0.653. The molecule has 1 heterocycles. The fourth-order valence-corrected chi connectivity index (χ4v) is 2.84. The van der Waals surface area contributed by atoms with Crippen LogP contribution in [-0.4, -0.2) is 35.4 Å². The van der Waals surface area contributed by atoms with E-state index in [9.17, 15) is 4.79 Å². The lowest BCUT2D eigenvalue weighted by Gasteiger charge is -2.21. The molecule has 2 aromatic rings. The van der Waals surface area contributed by atoms with Gasteiger partial charge in [-0.15, -0.1) is 0 Å². The smallest absolute Gasteiger partial charge is 0.272 e. The zero-order valence-corrected chi connectivity index (χ0v) is 15.4. The molecule has 0 saturated heterocycles. The fraction of sp³-hybridized carbons (Fsp3) is 0.429. The molecule has 4 nitrogen and oxygen atoms in total. The van der Waals surface area contributed by atoms with E-state index in [-0.39, 0.29) is 5.91 Å². The second-order valence-electron chi connectivity index (χ2n) is 6.24. The van der Waals surface area contributed by atoms with Crippen LogP contribution in [0.2, 0.25) is 0 Å². The first-order valence-corrected chi connectivity index (χ1v) is 9.27. The Labute approximate surface area is 151 Å². The number of rotatable bonds is 10. The van der Waals surface area contributed by atoms with E-state index < -0.39 is 0 Å². The molecule has 0 bridgehead atoms. The molecule has 4 heteroatoms. The zero-order valence-electron chi connectivity index (χ0n) is 15.4. The lowest BCUT2D eigenvalue weighted by Crippen LogP contribution is -2.33. The Kier molecular flexibility index (Phi) is 7.96. The number of carbonyl (C=O) groups is 1. The SMILES string of the molecule is CCCN(CCC)C(=O)c1cc(NCCCc2ccccc2)ccn1. The molecule has 1 aromatic heterocycles. The first kappa shape index (κ1) is 19.0. The highest BCUT2D eigenvalue weighted by atomic mass is 16.2. The van der Waals surface area contributed by atoms with Crippen LogP contribution in [-0.2, 0) is 6.42 Å². The molecule has 0 aliphatic carbocycles. The molecule has 0 aliphatic rings. The summed E-state index contributed by atoms with van der Waals surface area (Å²) in [6.07, 6.45) is 5.73. The minimum Gasteiger partial charge on any atom is -0.385 e. The van der Waals surface area contributed by atoms with Crippen LogP contribution in [0.5, 0.6) is 0 Å². The molecule has 25 heavy (non-hydrogen) atoms. The second-order valence-corrected chi connectivity index (χ2v) is 6.24. The van der Waals surface area contributed by atoms with Gasteiger partial charge in [0, 0.05) is 31.5 Å². The lowest BCUT2D eigenvalue weighted by atomic mass is 10.1. The molecule has 0 saturated carbocycles. The number of amides is 1. The van der Waals surface area contributed by atoms with Crippen molar-refractivity contribution < 1.29 is 4.79 Å². The molecule has 0 fully saturated rings. The van der Waals surface area contributed by atoms with Crippen molar-refractivity contribution in [3.63, 3.8) is 0 Å². The highest BCUT2D eigenvalue weighted by Gasteiger charge is 2.15. The van der Waals surface area contributed by atoms with Crippen LogP contribution in [0, 0.1) is 0 Å². The monoisotopic (exact) mass is 339 g/mol. The van der Waals surface area contributed by atoms with E-state index in [1.54, 1.807) is 6.20 Å². The summed E-state index contributed by atoms with van der Waals surface area (Å²) >= 11 is 0. The third-order valence-corrected chi connectivity index (χ3v) is 4.07. The zero-order chi connectivity index (χ0) is 17.9. The number of hydrogen-bond acceptors (Lipinski definition) is 3. The van der Waals surface area contributed by atoms with E-state index in [0.29, 0.717) is 5.69 Å². The van der Waals surface area contributed by atoms with Crippen molar-refractivity contribution >= 4 is 11.6 Å². The summed E-state index contributed by atoms with van der Waals surface area (Å²) in [4.78, 5) is 18.8. The van der Waals surface area contributed by atoms with Crippen LogP contribution in [0.1, 0.15) is 49.2 Å². The predicted molar refractivity (Wildman–Crippen MR) is 104 cm³/mol. The Morgan fingerprint density at radius 1 is 1.08 bits per heavy atom. The van der Waals surface area contributed by atoms with Gasteiger partial charge in [0.2, 0.25) is 0 Å². The van der Waals surface area contributed by atoms with Crippen LogP contribution in [0.25, 0.3) is 0 Å². The number of carbonyl (C=O) groups excluding carboxylic acids is 1. The van der Waals surface area contributed by atoms with Crippen LogP contribution < -0.4 is 5.32 Å². The van der Waals surface area contributed by atoms with E-state index in [2.05, 4.69) is 48.4 Å². The van der Waals surface area contributed by atoms with Gasteiger partial charge < -0.3 is 10.2 Å². The van der Waals surface area contributed by atoms with Crippen molar-refractivity contribution in [3.8, 4) is 0 Å². The molecule has 0 spiro atoms. The maximum absolute atomic E-state index is 12.6. The van der Waals surface area contributed by atoms with E-state index >= 15 is 0 Å². The Bertz CT molecular complexity index is 637. The highest BCUT2D eigenvalue weighted by Crippen LogP contribution is 2.12. The lowest BCUT2D eigenvalue weighted by molar-refractivity contribution is 0.0749. The third kappa shape index (κ3) is 6.22. The Hall–Kier alpha value is -2.36. The van der Waals surface area contributed by atoms with Crippen LogP contribution in [0.3, 0.4) is 0 Å². The maximum Gasteiger partial charge on any atom is 0.272 e. The summed E-state index contributed by atoms with van der Waals surface area (Å²) in [5, 5.41) is 3.40. The summed E-state index contributed by atoms with van der Waals surface area (Å²) in [7, 11) is 0. The van der Waals surface area contributed by atoms with Gasteiger partial charge in [0.15, 0.2) is 0 Å². The molecule has 0 unspecified atom stereocenters. The summed E-state index contributed by atoms with van der Waals surface area (Å²) in [5.74, 6) is 0.0247. The van der Waals surface area contributed by atoms with Gasteiger partial charge in [0.25, 0.3) is 5.91 Å². The second kappa shape index (κ2) is 10.5. The van der Waals surface area contributed by atoms with E-state index in [4.69, 9.17) is 0 Å². The van der Waals surface area contributed by atoms with Gasteiger partial charge >= 0.3 is 0 Å². The number of hydrogen-bond donors (Lipinski definition) is 1. The topological polar surface area (TPSA) is 45.2 Å². The van der Waals surface area contributed by atoms with Gasteiger partial charge in [0.1, 0.15) is 5.69 Å². The molecular weight excluding hydrogens is 310 g/mol. The summed E-state index contributed by atoms with van der Waals surface area (Å²) in [6, 6.07) is 14.3. The molecule has 1 N–H and O–H groups in total. The molecular formula is C21H29N3O. The largest absolute Gasteiger partial charge is 0.385 e. The first-order chi connectivity index (χ1) is 12.2. The summed E-state index contributed by atoms with van der Waals surface area (Å²) in [6.45, 7) is 6.62. The van der Waals surface area contributed by atoms with Crippen LogP contribution >= 0.6 is 0 Å². The number of benzene rings is 1. The average molecular weight is 339 g/mol. The van der Waals surface area contributed by atoms with Gasteiger partial charge in [0.05, 0.1) is 0 Å². The number of nitrogens with zero attached hydrogens (tertiary/aromatic N) is 2.